The molecule has 0 aliphatic heterocycles. The van der Waals surface area contributed by atoms with Crippen LogP contribution in [-0.4, -0.2) is 58.7 Å². The zero-order valence-electron chi connectivity index (χ0n) is 20.5. The van der Waals surface area contributed by atoms with Crippen molar-refractivity contribution in [3.63, 3.8) is 0 Å². The Kier molecular flexibility index (Phi) is 7.85. The Bertz CT molecular complexity index is 1520. The minimum Gasteiger partial charge on any atom is -0.351 e. The second-order valence-electron chi connectivity index (χ2n) is 8.48. The molecule has 2 amide bonds. The quantitative estimate of drug-likeness (QED) is 0.246. The van der Waals surface area contributed by atoms with Crippen molar-refractivity contribution in [2.24, 2.45) is 0 Å². The highest BCUT2D eigenvalue weighted by molar-refractivity contribution is 7.87. The number of hydrogen-bond donors (Lipinski definition) is 2. The van der Waals surface area contributed by atoms with E-state index in [1.165, 1.54) is 26.4 Å². The maximum atomic E-state index is 13.2. The van der Waals surface area contributed by atoms with Crippen LogP contribution in [0.5, 0.6) is 0 Å². The number of hydrogen-bond acceptors (Lipinski definition) is 5. The third-order valence-electron chi connectivity index (χ3n) is 5.69. The Morgan fingerprint density at radius 1 is 1.05 bits per heavy atom. The predicted octanol–water partition coefficient (Wildman–Crippen LogP) is 2.47. The number of imidazole rings is 1. The second kappa shape index (κ2) is 11.2. The van der Waals surface area contributed by atoms with E-state index in [0.29, 0.717) is 41.5 Å². The largest absolute Gasteiger partial charge is 0.351 e. The highest BCUT2D eigenvalue weighted by atomic mass is 32.2. The van der Waals surface area contributed by atoms with Crippen molar-refractivity contribution in [1.82, 2.24) is 28.5 Å². The minimum absolute atomic E-state index is 0.00152. The number of nitrogens with one attached hydrogen (secondary N) is 2. The first-order chi connectivity index (χ1) is 17.8. The van der Waals surface area contributed by atoms with Gasteiger partial charge in [0.05, 0.1) is 11.8 Å². The van der Waals surface area contributed by atoms with Gasteiger partial charge in [-0.05, 0) is 30.7 Å². The van der Waals surface area contributed by atoms with Gasteiger partial charge in [-0.15, -0.1) is 0 Å². The summed E-state index contributed by atoms with van der Waals surface area (Å²) in [6.07, 6.45) is 8.82. The average molecular weight is 521 g/mol. The SMILES string of the molecule is CN(C)S(=O)(=O)n1cc(/C=C(\NC(=O)c2ccccc2)C(=O)NCCCn2ccnc2)c2ccccc21. The van der Waals surface area contributed by atoms with E-state index in [9.17, 15) is 18.0 Å². The van der Waals surface area contributed by atoms with Crippen molar-refractivity contribution in [2.45, 2.75) is 13.0 Å². The Hall–Kier alpha value is -4.22. The molecule has 2 heterocycles. The molecule has 0 radical (unpaired) electrons. The van der Waals surface area contributed by atoms with Crippen LogP contribution in [-0.2, 0) is 21.5 Å². The molecule has 0 fully saturated rings. The number of fused-ring (bicyclic) bond motifs is 1. The summed E-state index contributed by atoms with van der Waals surface area (Å²) in [5.74, 6) is -0.938. The van der Waals surface area contributed by atoms with Gasteiger partial charge in [0, 0.05) is 62.3 Å². The van der Waals surface area contributed by atoms with Gasteiger partial charge in [0.15, 0.2) is 0 Å². The molecular formula is C26H28N6O4S. The highest BCUT2D eigenvalue weighted by Crippen LogP contribution is 2.25. The number of rotatable bonds is 10. The lowest BCUT2D eigenvalue weighted by Crippen LogP contribution is -2.35. The molecule has 4 aromatic rings. The first-order valence-electron chi connectivity index (χ1n) is 11.6. The molecule has 4 rings (SSSR count). The highest BCUT2D eigenvalue weighted by Gasteiger charge is 2.22. The van der Waals surface area contributed by atoms with Gasteiger partial charge < -0.3 is 15.2 Å². The van der Waals surface area contributed by atoms with Crippen LogP contribution in [0.3, 0.4) is 0 Å². The molecule has 2 aromatic heterocycles. The zero-order chi connectivity index (χ0) is 26.4. The summed E-state index contributed by atoms with van der Waals surface area (Å²) in [6, 6.07) is 15.5. The minimum atomic E-state index is -3.82. The van der Waals surface area contributed by atoms with Crippen LogP contribution in [0.2, 0.25) is 0 Å². The molecular weight excluding hydrogens is 492 g/mol. The molecule has 2 N–H and O–H groups in total. The van der Waals surface area contributed by atoms with E-state index in [1.54, 1.807) is 67.1 Å². The lowest BCUT2D eigenvalue weighted by Gasteiger charge is -2.13. The van der Waals surface area contributed by atoms with Crippen molar-refractivity contribution in [2.75, 3.05) is 20.6 Å². The molecule has 0 saturated heterocycles. The molecule has 0 spiro atoms. The fourth-order valence-electron chi connectivity index (χ4n) is 3.73. The van der Waals surface area contributed by atoms with Crippen LogP contribution in [0, 0.1) is 0 Å². The van der Waals surface area contributed by atoms with Crippen LogP contribution in [0.15, 0.2) is 85.2 Å². The summed E-state index contributed by atoms with van der Waals surface area (Å²) >= 11 is 0. The predicted molar refractivity (Wildman–Crippen MR) is 142 cm³/mol. The van der Waals surface area contributed by atoms with Crippen molar-refractivity contribution < 1.29 is 18.0 Å². The molecule has 0 aliphatic rings. The maximum absolute atomic E-state index is 13.2. The van der Waals surface area contributed by atoms with Crippen molar-refractivity contribution in [1.29, 1.82) is 0 Å². The van der Waals surface area contributed by atoms with Gasteiger partial charge in [-0.3, -0.25) is 9.59 Å². The molecule has 0 saturated carbocycles. The molecule has 0 atom stereocenters. The van der Waals surface area contributed by atoms with Gasteiger partial charge in [0.1, 0.15) is 5.70 Å². The molecule has 0 bridgehead atoms. The van der Waals surface area contributed by atoms with Crippen molar-refractivity contribution in [3.05, 3.63) is 96.3 Å². The third-order valence-corrected chi connectivity index (χ3v) is 7.41. The third kappa shape index (κ3) is 5.96. The van der Waals surface area contributed by atoms with Gasteiger partial charge in [-0.2, -0.15) is 12.7 Å². The van der Waals surface area contributed by atoms with Gasteiger partial charge in [-0.25, -0.2) is 8.96 Å². The van der Waals surface area contributed by atoms with E-state index in [4.69, 9.17) is 0 Å². The van der Waals surface area contributed by atoms with Crippen LogP contribution >= 0.6 is 0 Å². The lowest BCUT2D eigenvalue weighted by molar-refractivity contribution is -0.117. The maximum Gasteiger partial charge on any atom is 0.307 e. The van der Waals surface area contributed by atoms with Crippen LogP contribution < -0.4 is 10.6 Å². The number of aromatic nitrogens is 3. The summed E-state index contributed by atoms with van der Waals surface area (Å²) in [5.41, 5.74) is 1.32. The van der Waals surface area contributed by atoms with Gasteiger partial charge in [0.25, 0.3) is 11.8 Å². The first-order valence-corrected chi connectivity index (χ1v) is 13.0. The average Bonchev–Trinajstić information content (AvgIpc) is 3.55. The van der Waals surface area contributed by atoms with Gasteiger partial charge in [0.2, 0.25) is 0 Å². The zero-order valence-corrected chi connectivity index (χ0v) is 21.4. The molecule has 2 aromatic carbocycles. The molecule has 0 unspecified atom stereocenters. The Morgan fingerprint density at radius 3 is 2.49 bits per heavy atom. The number of amides is 2. The topological polar surface area (TPSA) is 118 Å². The van der Waals surface area contributed by atoms with E-state index in [0.717, 1.165) is 8.28 Å². The number of benzene rings is 2. The van der Waals surface area contributed by atoms with Crippen LogP contribution in [0.25, 0.3) is 17.0 Å². The second-order valence-corrected chi connectivity index (χ2v) is 10.5. The molecule has 11 heteroatoms. The van der Waals surface area contributed by atoms with E-state index in [1.807, 2.05) is 10.8 Å². The van der Waals surface area contributed by atoms with Crippen LogP contribution in [0.4, 0.5) is 0 Å². The monoisotopic (exact) mass is 520 g/mol. The molecule has 10 nitrogen and oxygen atoms in total. The van der Waals surface area contributed by atoms with E-state index in [-0.39, 0.29) is 5.70 Å². The first kappa shape index (κ1) is 25.9. The fraction of sp³-hybridized carbons (Fsp3) is 0.192. The molecule has 0 aliphatic carbocycles. The van der Waals surface area contributed by atoms with Gasteiger partial charge >= 0.3 is 10.2 Å². The fourth-order valence-corrected chi connectivity index (χ4v) is 4.74. The van der Waals surface area contributed by atoms with Crippen LogP contribution in [0.1, 0.15) is 22.3 Å². The molecule has 37 heavy (non-hydrogen) atoms. The number of aryl methyl sites for hydroxylation is 1. The van der Waals surface area contributed by atoms with E-state index in [2.05, 4.69) is 15.6 Å². The summed E-state index contributed by atoms with van der Waals surface area (Å²) < 4.78 is 30.0. The Morgan fingerprint density at radius 2 is 1.78 bits per heavy atom. The lowest BCUT2D eigenvalue weighted by atomic mass is 10.1. The van der Waals surface area contributed by atoms with Gasteiger partial charge in [-0.1, -0.05) is 36.4 Å². The standard InChI is InChI=1S/C26H28N6O4S/c1-30(2)37(35,36)32-18-21(22-11-6-7-12-24(22)32)17-23(29-25(33)20-9-4-3-5-10-20)26(34)28-13-8-15-31-16-14-27-19-31/h3-7,9-12,14,16-19H,8,13,15H2,1-2H3,(H,28,34)(H,29,33)/b23-17-. The smallest absolute Gasteiger partial charge is 0.307 e. The van der Waals surface area contributed by atoms with E-state index >= 15 is 0 Å². The Balaban J connectivity index is 1.66. The summed E-state index contributed by atoms with van der Waals surface area (Å²) in [4.78, 5) is 30.1. The Labute approximate surface area is 215 Å². The number of carbonyl (C=O) groups excluding carboxylic acids is 2. The summed E-state index contributed by atoms with van der Waals surface area (Å²) in [7, 11) is -0.925. The summed E-state index contributed by atoms with van der Waals surface area (Å²) in [5, 5.41) is 6.15. The number of nitrogens with zero attached hydrogens (tertiary/aromatic N) is 4. The normalized spacial score (nSPS) is 12.1. The van der Waals surface area contributed by atoms with Crippen molar-refractivity contribution in [3.8, 4) is 0 Å². The van der Waals surface area contributed by atoms with E-state index < -0.39 is 22.0 Å². The number of carbonyl (C=O) groups is 2. The number of para-hydroxylation sites is 1. The molecule has 192 valence electrons. The summed E-state index contributed by atoms with van der Waals surface area (Å²) in [6.45, 7) is 1.04. The van der Waals surface area contributed by atoms with Crippen molar-refractivity contribution >= 4 is 39.0 Å².